The highest BCUT2D eigenvalue weighted by atomic mass is 79.9. The third kappa shape index (κ3) is 2.36. The maximum atomic E-state index is 12.7. The van der Waals surface area contributed by atoms with E-state index in [4.69, 9.17) is 10.5 Å². The molecule has 4 nitrogen and oxygen atoms in total. The normalized spacial score (nSPS) is 13.6. The number of benzene rings is 2. The lowest BCUT2D eigenvalue weighted by Crippen LogP contribution is -2.37. The first-order valence-electron chi connectivity index (χ1n) is 6.25. The van der Waals surface area contributed by atoms with Gasteiger partial charge in [-0.1, -0.05) is 28.1 Å². The summed E-state index contributed by atoms with van der Waals surface area (Å²) in [5.41, 5.74) is 7.71. The van der Waals surface area contributed by atoms with Crippen molar-refractivity contribution in [3.05, 3.63) is 52.5 Å². The molecule has 0 aromatic heterocycles. The molecule has 0 saturated heterocycles. The Morgan fingerprint density at radius 1 is 1.25 bits per heavy atom. The highest BCUT2D eigenvalue weighted by Gasteiger charge is 2.24. The Labute approximate surface area is 125 Å². The first kappa shape index (κ1) is 13.0. The number of para-hydroxylation sites is 2. The SMILES string of the molecule is Nc1cc(Br)cc(C(=O)N2CCOc3ccccc32)c1. The van der Waals surface area contributed by atoms with Gasteiger partial charge in [0, 0.05) is 15.7 Å². The summed E-state index contributed by atoms with van der Waals surface area (Å²) < 4.78 is 6.35. The van der Waals surface area contributed by atoms with Gasteiger partial charge in [-0.2, -0.15) is 0 Å². The van der Waals surface area contributed by atoms with E-state index < -0.39 is 0 Å². The number of anilines is 2. The van der Waals surface area contributed by atoms with Crippen LogP contribution in [-0.2, 0) is 0 Å². The molecule has 5 heteroatoms. The molecule has 20 heavy (non-hydrogen) atoms. The number of halogens is 1. The molecule has 0 unspecified atom stereocenters. The number of fused-ring (bicyclic) bond motifs is 1. The molecule has 0 aliphatic carbocycles. The van der Waals surface area contributed by atoms with Crippen molar-refractivity contribution >= 4 is 33.2 Å². The van der Waals surface area contributed by atoms with Gasteiger partial charge in [0.2, 0.25) is 0 Å². The van der Waals surface area contributed by atoms with Crippen LogP contribution in [0, 0.1) is 0 Å². The predicted molar refractivity (Wildman–Crippen MR) is 82.2 cm³/mol. The Morgan fingerprint density at radius 3 is 2.85 bits per heavy atom. The molecule has 1 aliphatic rings. The van der Waals surface area contributed by atoms with Crippen molar-refractivity contribution in [2.24, 2.45) is 0 Å². The lowest BCUT2D eigenvalue weighted by Gasteiger charge is -2.29. The van der Waals surface area contributed by atoms with E-state index in [1.165, 1.54) is 0 Å². The lowest BCUT2D eigenvalue weighted by atomic mass is 10.1. The molecule has 0 radical (unpaired) electrons. The van der Waals surface area contributed by atoms with Gasteiger partial charge in [-0.3, -0.25) is 4.79 Å². The van der Waals surface area contributed by atoms with E-state index in [0.717, 1.165) is 15.9 Å². The quantitative estimate of drug-likeness (QED) is 0.816. The second-order valence-corrected chi connectivity index (χ2v) is 5.46. The van der Waals surface area contributed by atoms with Crippen LogP contribution >= 0.6 is 15.9 Å². The number of hydrogen-bond donors (Lipinski definition) is 1. The van der Waals surface area contributed by atoms with Crippen LogP contribution in [0.2, 0.25) is 0 Å². The fourth-order valence-electron chi connectivity index (χ4n) is 2.27. The van der Waals surface area contributed by atoms with Crippen molar-refractivity contribution in [1.29, 1.82) is 0 Å². The summed E-state index contributed by atoms with van der Waals surface area (Å²) in [7, 11) is 0. The van der Waals surface area contributed by atoms with Gasteiger partial charge < -0.3 is 15.4 Å². The number of nitrogens with two attached hydrogens (primary N) is 1. The number of ether oxygens (including phenoxy) is 1. The van der Waals surface area contributed by atoms with Gasteiger partial charge in [0.15, 0.2) is 0 Å². The minimum atomic E-state index is -0.0752. The summed E-state index contributed by atoms with van der Waals surface area (Å²) in [6.07, 6.45) is 0. The van der Waals surface area contributed by atoms with Crippen molar-refractivity contribution in [1.82, 2.24) is 0 Å². The smallest absolute Gasteiger partial charge is 0.258 e. The summed E-state index contributed by atoms with van der Waals surface area (Å²) in [5.74, 6) is 0.656. The summed E-state index contributed by atoms with van der Waals surface area (Å²) in [4.78, 5) is 14.4. The first-order chi connectivity index (χ1) is 9.65. The van der Waals surface area contributed by atoms with E-state index in [0.29, 0.717) is 24.4 Å². The zero-order valence-electron chi connectivity index (χ0n) is 10.7. The van der Waals surface area contributed by atoms with Gasteiger partial charge in [0.25, 0.3) is 5.91 Å². The second kappa shape index (κ2) is 5.17. The summed E-state index contributed by atoms with van der Waals surface area (Å²) in [5, 5.41) is 0. The van der Waals surface area contributed by atoms with Crippen molar-refractivity contribution in [2.75, 3.05) is 23.8 Å². The summed E-state index contributed by atoms with van der Waals surface area (Å²) in [6, 6.07) is 12.8. The zero-order valence-corrected chi connectivity index (χ0v) is 12.3. The molecule has 1 aliphatic heterocycles. The standard InChI is InChI=1S/C15H13BrN2O2/c16-11-7-10(8-12(17)9-11)15(19)18-5-6-20-14-4-2-1-3-13(14)18/h1-4,7-9H,5-6,17H2. The number of rotatable bonds is 1. The molecule has 2 N–H and O–H groups in total. The number of amides is 1. The van der Waals surface area contributed by atoms with Crippen LogP contribution in [0.5, 0.6) is 5.75 Å². The van der Waals surface area contributed by atoms with E-state index in [1.54, 1.807) is 23.1 Å². The minimum absolute atomic E-state index is 0.0752. The lowest BCUT2D eigenvalue weighted by molar-refractivity contribution is 0.0976. The fraction of sp³-hybridized carbons (Fsp3) is 0.133. The average Bonchev–Trinajstić information content (AvgIpc) is 2.45. The fourth-order valence-corrected chi connectivity index (χ4v) is 2.78. The van der Waals surface area contributed by atoms with E-state index in [9.17, 15) is 4.79 Å². The molecule has 2 aromatic rings. The highest BCUT2D eigenvalue weighted by molar-refractivity contribution is 9.10. The van der Waals surface area contributed by atoms with Crippen LogP contribution in [-0.4, -0.2) is 19.1 Å². The van der Waals surface area contributed by atoms with Crippen LogP contribution in [0.1, 0.15) is 10.4 Å². The summed E-state index contributed by atoms with van der Waals surface area (Å²) in [6.45, 7) is 1.02. The molecular formula is C15H13BrN2O2. The van der Waals surface area contributed by atoms with Crippen molar-refractivity contribution in [3.63, 3.8) is 0 Å². The Kier molecular flexibility index (Phi) is 3.36. The van der Waals surface area contributed by atoms with Crippen LogP contribution in [0.3, 0.4) is 0 Å². The molecule has 0 saturated carbocycles. The molecule has 3 rings (SSSR count). The monoisotopic (exact) mass is 332 g/mol. The molecule has 0 spiro atoms. The van der Waals surface area contributed by atoms with Crippen LogP contribution in [0.15, 0.2) is 46.9 Å². The zero-order chi connectivity index (χ0) is 14.1. The maximum absolute atomic E-state index is 12.7. The summed E-state index contributed by atoms with van der Waals surface area (Å²) >= 11 is 3.36. The third-order valence-corrected chi connectivity index (χ3v) is 3.60. The van der Waals surface area contributed by atoms with Gasteiger partial charge >= 0.3 is 0 Å². The molecular weight excluding hydrogens is 320 g/mol. The van der Waals surface area contributed by atoms with Crippen LogP contribution in [0.4, 0.5) is 11.4 Å². The minimum Gasteiger partial charge on any atom is -0.490 e. The van der Waals surface area contributed by atoms with Crippen LogP contribution < -0.4 is 15.4 Å². The second-order valence-electron chi connectivity index (χ2n) is 4.55. The average molecular weight is 333 g/mol. The number of carbonyl (C=O) groups is 1. The van der Waals surface area contributed by atoms with Crippen molar-refractivity contribution in [2.45, 2.75) is 0 Å². The largest absolute Gasteiger partial charge is 0.490 e. The Balaban J connectivity index is 1.99. The number of nitrogens with zero attached hydrogens (tertiary/aromatic N) is 1. The van der Waals surface area contributed by atoms with Gasteiger partial charge in [-0.05, 0) is 30.3 Å². The topological polar surface area (TPSA) is 55.6 Å². The van der Waals surface area contributed by atoms with Gasteiger partial charge in [-0.25, -0.2) is 0 Å². The molecule has 0 bridgehead atoms. The van der Waals surface area contributed by atoms with E-state index >= 15 is 0 Å². The van der Waals surface area contributed by atoms with Gasteiger partial charge in [0.1, 0.15) is 12.4 Å². The molecule has 0 fully saturated rings. The van der Waals surface area contributed by atoms with E-state index in [-0.39, 0.29) is 5.91 Å². The Morgan fingerprint density at radius 2 is 2.05 bits per heavy atom. The third-order valence-electron chi connectivity index (χ3n) is 3.14. The number of hydrogen-bond acceptors (Lipinski definition) is 3. The van der Waals surface area contributed by atoms with Gasteiger partial charge in [-0.15, -0.1) is 0 Å². The molecule has 1 amide bonds. The Hall–Kier alpha value is -2.01. The first-order valence-corrected chi connectivity index (χ1v) is 7.04. The molecule has 0 atom stereocenters. The maximum Gasteiger partial charge on any atom is 0.258 e. The van der Waals surface area contributed by atoms with E-state index in [2.05, 4.69) is 15.9 Å². The number of nitrogen functional groups attached to an aromatic ring is 1. The predicted octanol–water partition coefficient (Wildman–Crippen LogP) is 3.07. The van der Waals surface area contributed by atoms with E-state index in [1.807, 2.05) is 24.3 Å². The van der Waals surface area contributed by atoms with Gasteiger partial charge in [0.05, 0.1) is 12.2 Å². The van der Waals surface area contributed by atoms with Crippen LogP contribution in [0.25, 0.3) is 0 Å². The molecule has 2 aromatic carbocycles. The Bertz CT molecular complexity index is 652. The molecule has 1 heterocycles. The molecule has 102 valence electrons. The highest BCUT2D eigenvalue weighted by Crippen LogP contribution is 2.32. The van der Waals surface area contributed by atoms with Crippen molar-refractivity contribution < 1.29 is 9.53 Å². The van der Waals surface area contributed by atoms with Crippen molar-refractivity contribution in [3.8, 4) is 5.75 Å². The number of carbonyl (C=O) groups excluding carboxylic acids is 1.